The average Bonchev–Trinajstić information content (AvgIpc) is 3.19. The summed E-state index contributed by atoms with van der Waals surface area (Å²) in [4.78, 5) is 13.3. The van der Waals surface area contributed by atoms with Gasteiger partial charge in [-0.15, -0.1) is 0 Å². The van der Waals surface area contributed by atoms with Gasteiger partial charge in [-0.05, 0) is 43.2 Å². The molecule has 3 nitrogen and oxygen atoms in total. The van der Waals surface area contributed by atoms with Crippen LogP contribution >= 0.6 is 0 Å². The second kappa shape index (κ2) is 4.73. The maximum Gasteiger partial charge on any atom is 0.317 e. The summed E-state index contributed by atoms with van der Waals surface area (Å²) in [6.07, 6.45) is 5.72. The fourth-order valence-corrected chi connectivity index (χ4v) is 3.13. The van der Waals surface area contributed by atoms with Gasteiger partial charge >= 0.3 is 5.97 Å². The summed E-state index contributed by atoms with van der Waals surface area (Å²) in [5.74, 6) is -0.704. The standard InChI is InChI=1S/C15H19NO2/c17-15(18)10-16(12-8-9-12)14-7-3-5-11-4-1-2-6-13(11)14/h1-2,4,6,12,14H,3,5,7-10H2,(H,17,18). The topological polar surface area (TPSA) is 40.5 Å². The second-order valence-electron chi connectivity index (χ2n) is 5.40. The molecule has 0 saturated heterocycles. The molecule has 2 aliphatic carbocycles. The molecule has 3 heteroatoms. The van der Waals surface area contributed by atoms with Crippen LogP contribution in [0.2, 0.25) is 0 Å². The van der Waals surface area contributed by atoms with E-state index in [0.29, 0.717) is 12.1 Å². The quantitative estimate of drug-likeness (QED) is 0.886. The van der Waals surface area contributed by atoms with Crippen molar-refractivity contribution >= 4 is 5.97 Å². The summed E-state index contributed by atoms with van der Waals surface area (Å²) in [6, 6.07) is 9.34. The highest BCUT2D eigenvalue weighted by molar-refractivity contribution is 5.69. The Hall–Kier alpha value is -1.35. The molecule has 0 radical (unpaired) electrons. The zero-order valence-corrected chi connectivity index (χ0v) is 10.5. The van der Waals surface area contributed by atoms with E-state index in [9.17, 15) is 4.79 Å². The monoisotopic (exact) mass is 245 g/mol. The lowest BCUT2D eigenvalue weighted by molar-refractivity contribution is -0.139. The Balaban J connectivity index is 1.88. The summed E-state index contributed by atoms with van der Waals surface area (Å²) in [5.41, 5.74) is 2.77. The Morgan fingerprint density at radius 3 is 2.78 bits per heavy atom. The number of aryl methyl sites for hydroxylation is 1. The number of hydrogen-bond donors (Lipinski definition) is 1. The van der Waals surface area contributed by atoms with Crippen LogP contribution in [0.15, 0.2) is 24.3 Å². The minimum atomic E-state index is -0.704. The van der Waals surface area contributed by atoms with Gasteiger partial charge in [0.1, 0.15) is 0 Å². The van der Waals surface area contributed by atoms with Crippen LogP contribution in [0.3, 0.4) is 0 Å². The number of benzene rings is 1. The van der Waals surface area contributed by atoms with E-state index in [2.05, 4.69) is 29.2 Å². The number of carbonyl (C=O) groups is 1. The van der Waals surface area contributed by atoms with Gasteiger partial charge in [-0.1, -0.05) is 24.3 Å². The van der Waals surface area contributed by atoms with Gasteiger partial charge in [-0.2, -0.15) is 0 Å². The van der Waals surface area contributed by atoms with E-state index in [1.165, 1.54) is 17.5 Å². The number of fused-ring (bicyclic) bond motifs is 1. The molecule has 1 atom stereocenters. The van der Waals surface area contributed by atoms with Crippen molar-refractivity contribution in [3.8, 4) is 0 Å². The van der Waals surface area contributed by atoms with Gasteiger partial charge in [-0.25, -0.2) is 0 Å². The van der Waals surface area contributed by atoms with Gasteiger partial charge in [0.05, 0.1) is 6.54 Å². The van der Waals surface area contributed by atoms with E-state index in [-0.39, 0.29) is 6.54 Å². The number of nitrogens with zero attached hydrogens (tertiary/aromatic N) is 1. The predicted octanol–water partition coefficient (Wildman–Crippen LogP) is 2.61. The van der Waals surface area contributed by atoms with E-state index in [4.69, 9.17) is 5.11 Å². The molecule has 1 fully saturated rings. The summed E-state index contributed by atoms with van der Waals surface area (Å²) in [7, 11) is 0. The van der Waals surface area contributed by atoms with Crippen molar-refractivity contribution in [3.05, 3.63) is 35.4 Å². The fourth-order valence-electron chi connectivity index (χ4n) is 3.13. The molecule has 1 aromatic rings. The van der Waals surface area contributed by atoms with Crippen LogP contribution in [0.4, 0.5) is 0 Å². The minimum Gasteiger partial charge on any atom is -0.480 e. The maximum absolute atomic E-state index is 11.1. The number of rotatable bonds is 4. The van der Waals surface area contributed by atoms with E-state index in [0.717, 1.165) is 25.7 Å². The Labute approximate surface area is 107 Å². The highest BCUT2D eigenvalue weighted by Crippen LogP contribution is 2.40. The van der Waals surface area contributed by atoms with Crippen molar-refractivity contribution in [2.24, 2.45) is 0 Å². The molecule has 1 saturated carbocycles. The molecule has 0 aliphatic heterocycles. The van der Waals surface area contributed by atoms with Crippen molar-refractivity contribution in [1.82, 2.24) is 4.90 Å². The Kier molecular flexibility index (Phi) is 3.08. The molecule has 2 aliphatic rings. The van der Waals surface area contributed by atoms with Gasteiger partial charge in [0.2, 0.25) is 0 Å². The zero-order chi connectivity index (χ0) is 12.5. The predicted molar refractivity (Wildman–Crippen MR) is 69.5 cm³/mol. The van der Waals surface area contributed by atoms with E-state index in [1.54, 1.807) is 0 Å². The third-order valence-corrected chi connectivity index (χ3v) is 4.07. The number of hydrogen-bond acceptors (Lipinski definition) is 2. The number of carboxylic acid groups (broad SMARTS) is 1. The molecular weight excluding hydrogens is 226 g/mol. The van der Waals surface area contributed by atoms with Crippen molar-refractivity contribution in [2.45, 2.75) is 44.2 Å². The van der Waals surface area contributed by atoms with Crippen LogP contribution in [0.1, 0.15) is 42.9 Å². The Morgan fingerprint density at radius 2 is 2.06 bits per heavy atom. The molecule has 1 aromatic carbocycles. The van der Waals surface area contributed by atoms with Gasteiger partial charge in [0.15, 0.2) is 0 Å². The maximum atomic E-state index is 11.1. The minimum absolute atomic E-state index is 0.184. The van der Waals surface area contributed by atoms with Crippen LogP contribution in [-0.2, 0) is 11.2 Å². The highest BCUT2D eigenvalue weighted by atomic mass is 16.4. The van der Waals surface area contributed by atoms with E-state index < -0.39 is 5.97 Å². The Morgan fingerprint density at radius 1 is 1.28 bits per heavy atom. The molecule has 0 heterocycles. The van der Waals surface area contributed by atoms with Gasteiger partial charge in [0.25, 0.3) is 0 Å². The lowest BCUT2D eigenvalue weighted by Crippen LogP contribution is -2.37. The first kappa shape index (κ1) is 11.7. The first-order valence-electron chi connectivity index (χ1n) is 6.81. The molecule has 0 aromatic heterocycles. The van der Waals surface area contributed by atoms with E-state index >= 15 is 0 Å². The van der Waals surface area contributed by atoms with Crippen molar-refractivity contribution in [2.75, 3.05) is 6.54 Å². The normalized spacial score (nSPS) is 22.8. The van der Waals surface area contributed by atoms with Crippen molar-refractivity contribution in [3.63, 3.8) is 0 Å². The average molecular weight is 245 g/mol. The lowest BCUT2D eigenvalue weighted by atomic mass is 9.86. The second-order valence-corrected chi connectivity index (χ2v) is 5.40. The van der Waals surface area contributed by atoms with Crippen LogP contribution in [0.25, 0.3) is 0 Å². The van der Waals surface area contributed by atoms with Crippen LogP contribution in [-0.4, -0.2) is 28.6 Å². The summed E-state index contributed by atoms with van der Waals surface area (Å²) in [6.45, 7) is 0.184. The highest BCUT2D eigenvalue weighted by Gasteiger charge is 2.37. The molecule has 96 valence electrons. The molecule has 1 N–H and O–H groups in total. The molecule has 1 unspecified atom stereocenters. The third kappa shape index (κ3) is 2.27. The Bertz CT molecular complexity index is 454. The SMILES string of the molecule is O=C(O)CN(C1CC1)C1CCCc2ccccc21. The molecule has 0 bridgehead atoms. The van der Waals surface area contributed by atoms with Crippen LogP contribution in [0.5, 0.6) is 0 Å². The lowest BCUT2D eigenvalue weighted by Gasteiger charge is -2.35. The summed E-state index contributed by atoms with van der Waals surface area (Å²) >= 11 is 0. The van der Waals surface area contributed by atoms with Crippen LogP contribution < -0.4 is 0 Å². The molecule has 18 heavy (non-hydrogen) atoms. The molecular formula is C15H19NO2. The van der Waals surface area contributed by atoms with E-state index in [1.807, 2.05) is 0 Å². The van der Waals surface area contributed by atoms with Gasteiger partial charge in [0, 0.05) is 12.1 Å². The van der Waals surface area contributed by atoms with Gasteiger partial charge < -0.3 is 5.11 Å². The smallest absolute Gasteiger partial charge is 0.317 e. The molecule has 0 spiro atoms. The number of aliphatic carboxylic acids is 1. The summed E-state index contributed by atoms with van der Waals surface area (Å²) in [5, 5.41) is 9.10. The van der Waals surface area contributed by atoms with Crippen molar-refractivity contribution < 1.29 is 9.90 Å². The van der Waals surface area contributed by atoms with Gasteiger partial charge in [-0.3, -0.25) is 9.69 Å². The zero-order valence-electron chi connectivity index (χ0n) is 10.5. The van der Waals surface area contributed by atoms with Crippen molar-refractivity contribution in [1.29, 1.82) is 0 Å². The van der Waals surface area contributed by atoms with Crippen LogP contribution in [0, 0.1) is 0 Å². The third-order valence-electron chi connectivity index (χ3n) is 4.07. The first-order chi connectivity index (χ1) is 8.75. The summed E-state index contributed by atoms with van der Waals surface area (Å²) < 4.78 is 0. The largest absolute Gasteiger partial charge is 0.480 e. The first-order valence-corrected chi connectivity index (χ1v) is 6.81. The molecule has 0 amide bonds. The number of carboxylic acids is 1. The molecule has 3 rings (SSSR count). The fraction of sp³-hybridized carbons (Fsp3) is 0.533.